The van der Waals surface area contributed by atoms with E-state index in [-0.39, 0.29) is 0 Å². The number of benzene rings is 9. The lowest BCUT2D eigenvalue weighted by Gasteiger charge is -2.26. The van der Waals surface area contributed by atoms with E-state index in [2.05, 4.69) is 169 Å². The maximum Gasteiger partial charge on any atom is 0.227 e. The Morgan fingerprint density at radius 3 is 1.61 bits per heavy atom. The fourth-order valence-corrected chi connectivity index (χ4v) is 7.64. The first-order chi connectivity index (χ1) is 26.8. The van der Waals surface area contributed by atoms with Crippen molar-refractivity contribution in [3.05, 3.63) is 206 Å². The van der Waals surface area contributed by atoms with Crippen molar-refractivity contribution in [3.63, 3.8) is 0 Å². The van der Waals surface area contributed by atoms with Crippen molar-refractivity contribution in [2.45, 2.75) is 0 Å². The molecule has 3 nitrogen and oxygen atoms in total. The molecule has 0 aliphatic rings. The molecule has 10 aromatic rings. The topological polar surface area (TPSA) is 29.3 Å². The van der Waals surface area contributed by atoms with Crippen molar-refractivity contribution in [2.24, 2.45) is 0 Å². The predicted molar refractivity (Wildman–Crippen MR) is 225 cm³/mol. The van der Waals surface area contributed by atoms with Crippen molar-refractivity contribution in [2.75, 3.05) is 4.90 Å². The second-order valence-corrected chi connectivity index (χ2v) is 13.6. The molecule has 254 valence electrons. The van der Waals surface area contributed by atoms with Crippen molar-refractivity contribution < 1.29 is 4.42 Å². The van der Waals surface area contributed by atoms with Crippen LogP contribution in [0.4, 0.5) is 17.1 Å². The van der Waals surface area contributed by atoms with Crippen LogP contribution in [-0.4, -0.2) is 4.98 Å². The second-order valence-electron chi connectivity index (χ2n) is 13.6. The summed E-state index contributed by atoms with van der Waals surface area (Å²) >= 11 is 0. The number of oxazole rings is 1. The standard InChI is InChI=1S/C51H34N2O/c1-3-12-35(13-4-1)37-26-30-43(31-27-37)53(48-23-11-22-47-50(48)54-51(52-47)40-15-5-2-6-16-40)44-32-28-38(29-33-44)45-20-9-18-39-19-10-21-46(49(39)45)42-25-24-36-14-7-8-17-41(36)34-42/h1-34H. The minimum Gasteiger partial charge on any atom is -0.434 e. The van der Waals surface area contributed by atoms with Gasteiger partial charge in [-0.3, -0.25) is 0 Å². The average molecular weight is 691 g/mol. The third-order valence-corrected chi connectivity index (χ3v) is 10.3. The highest BCUT2D eigenvalue weighted by atomic mass is 16.3. The number of anilines is 3. The van der Waals surface area contributed by atoms with E-state index in [1.165, 1.54) is 43.8 Å². The lowest BCUT2D eigenvalue weighted by Crippen LogP contribution is -2.10. The summed E-state index contributed by atoms with van der Waals surface area (Å²) in [7, 11) is 0. The zero-order chi connectivity index (χ0) is 35.8. The van der Waals surface area contributed by atoms with Crippen LogP contribution in [0.15, 0.2) is 211 Å². The lowest BCUT2D eigenvalue weighted by molar-refractivity contribution is 0.620. The molecule has 1 aromatic heterocycles. The van der Waals surface area contributed by atoms with Gasteiger partial charge in [0.05, 0.1) is 5.69 Å². The Hall–Kier alpha value is -7.23. The Bertz CT molecular complexity index is 2910. The zero-order valence-electron chi connectivity index (χ0n) is 29.4. The van der Waals surface area contributed by atoms with E-state index < -0.39 is 0 Å². The maximum atomic E-state index is 6.57. The number of hydrogen-bond donors (Lipinski definition) is 0. The Labute approximate surface area is 314 Å². The van der Waals surface area contributed by atoms with E-state index in [1.54, 1.807) is 0 Å². The fraction of sp³-hybridized carbons (Fsp3) is 0. The summed E-state index contributed by atoms with van der Waals surface area (Å²) in [6.07, 6.45) is 0. The Kier molecular flexibility index (Phi) is 7.81. The molecule has 0 fully saturated rings. The van der Waals surface area contributed by atoms with Crippen LogP contribution in [0.5, 0.6) is 0 Å². The van der Waals surface area contributed by atoms with Crippen LogP contribution in [0.1, 0.15) is 0 Å². The SMILES string of the molecule is c1ccc(-c2ccc(N(c3ccc(-c4cccc5cccc(-c6ccc7ccccc7c6)c45)cc3)c3cccc4nc(-c5ccccc5)oc34)cc2)cc1. The molecule has 0 N–H and O–H groups in total. The summed E-state index contributed by atoms with van der Waals surface area (Å²) in [5, 5.41) is 4.95. The molecule has 0 aliphatic carbocycles. The van der Waals surface area contributed by atoms with Crippen molar-refractivity contribution in [1.29, 1.82) is 0 Å². The summed E-state index contributed by atoms with van der Waals surface area (Å²) in [4.78, 5) is 7.17. The van der Waals surface area contributed by atoms with Gasteiger partial charge in [-0.05, 0) is 110 Å². The first kappa shape index (κ1) is 31.5. The molecule has 0 spiro atoms. The van der Waals surface area contributed by atoms with Gasteiger partial charge in [0, 0.05) is 16.9 Å². The minimum atomic E-state index is 0.603. The van der Waals surface area contributed by atoms with Gasteiger partial charge in [-0.15, -0.1) is 0 Å². The van der Waals surface area contributed by atoms with Gasteiger partial charge in [-0.2, -0.15) is 0 Å². The monoisotopic (exact) mass is 690 g/mol. The van der Waals surface area contributed by atoms with Crippen LogP contribution in [0.25, 0.3) is 77.5 Å². The largest absolute Gasteiger partial charge is 0.434 e. The summed E-state index contributed by atoms with van der Waals surface area (Å²) in [6, 6.07) is 72.9. The van der Waals surface area contributed by atoms with Gasteiger partial charge in [0.2, 0.25) is 5.89 Å². The molecular weight excluding hydrogens is 657 g/mol. The van der Waals surface area contributed by atoms with E-state index in [4.69, 9.17) is 9.40 Å². The highest BCUT2D eigenvalue weighted by Gasteiger charge is 2.20. The second kappa shape index (κ2) is 13.4. The Morgan fingerprint density at radius 2 is 0.907 bits per heavy atom. The van der Waals surface area contributed by atoms with Crippen LogP contribution in [0.3, 0.4) is 0 Å². The first-order valence-electron chi connectivity index (χ1n) is 18.3. The predicted octanol–water partition coefficient (Wildman–Crippen LogP) is 14.3. The molecule has 0 atom stereocenters. The number of para-hydroxylation sites is 1. The van der Waals surface area contributed by atoms with E-state index in [0.29, 0.717) is 5.89 Å². The Balaban J connectivity index is 1.10. The highest BCUT2D eigenvalue weighted by Crippen LogP contribution is 2.43. The van der Waals surface area contributed by atoms with Crippen molar-refractivity contribution in [3.8, 4) is 44.8 Å². The summed E-state index contributed by atoms with van der Waals surface area (Å²) < 4.78 is 6.57. The molecule has 0 unspecified atom stereocenters. The van der Waals surface area contributed by atoms with Gasteiger partial charge in [0.25, 0.3) is 0 Å². The molecule has 0 bridgehead atoms. The smallest absolute Gasteiger partial charge is 0.227 e. The van der Waals surface area contributed by atoms with E-state index in [0.717, 1.165) is 44.9 Å². The van der Waals surface area contributed by atoms with Gasteiger partial charge < -0.3 is 9.32 Å². The van der Waals surface area contributed by atoms with Crippen LogP contribution in [0, 0.1) is 0 Å². The fourth-order valence-electron chi connectivity index (χ4n) is 7.64. The highest BCUT2D eigenvalue weighted by molar-refractivity contribution is 6.07. The van der Waals surface area contributed by atoms with Gasteiger partial charge >= 0.3 is 0 Å². The first-order valence-corrected chi connectivity index (χ1v) is 18.3. The summed E-state index contributed by atoms with van der Waals surface area (Å²) in [5.41, 5.74) is 12.6. The van der Waals surface area contributed by atoms with Crippen LogP contribution in [0.2, 0.25) is 0 Å². The van der Waals surface area contributed by atoms with Crippen LogP contribution in [-0.2, 0) is 0 Å². The normalized spacial score (nSPS) is 11.3. The number of fused-ring (bicyclic) bond motifs is 3. The molecule has 54 heavy (non-hydrogen) atoms. The molecule has 0 radical (unpaired) electrons. The third-order valence-electron chi connectivity index (χ3n) is 10.3. The Morgan fingerprint density at radius 1 is 0.370 bits per heavy atom. The molecule has 0 saturated heterocycles. The van der Waals surface area contributed by atoms with E-state index >= 15 is 0 Å². The number of nitrogens with zero attached hydrogens (tertiary/aromatic N) is 2. The summed E-state index contributed by atoms with van der Waals surface area (Å²) in [6.45, 7) is 0. The molecule has 3 heteroatoms. The van der Waals surface area contributed by atoms with Gasteiger partial charge in [-0.1, -0.05) is 152 Å². The molecular formula is C51H34N2O. The van der Waals surface area contributed by atoms with Gasteiger partial charge in [-0.25, -0.2) is 4.98 Å². The maximum absolute atomic E-state index is 6.57. The molecule has 9 aromatic carbocycles. The van der Waals surface area contributed by atoms with Crippen molar-refractivity contribution >= 4 is 49.7 Å². The molecule has 1 heterocycles. The molecule has 0 aliphatic heterocycles. The van der Waals surface area contributed by atoms with Crippen molar-refractivity contribution in [1.82, 2.24) is 4.98 Å². The minimum absolute atomic E-state index is 0.603. The molecule has 0 saturated carbocycles. The lowest BCUT2D eigenvalue weighted by atomic mass is 9.90. The number of rotatable bonds is 7. The number of aromatic nitrogens is 1. The van der Waals surface area contributed by atoms with E-state index in [1.807, 2.05) is 42.5 Å². The summed E-state index contributed by atoms with van der Waals surface area (Å²) in [5.74, 6) is 0.603. The molecule has 0 amide bonds. The molecule has 10 rings (SSSR count). The quantitative estimate of drug-likeness (QED) is 0.167. The third kappa shape index (κ3) is 5.69. The van der Waals surface area contributed by atoms with Crippen LogP contribution >= 0.6 is 0 Å². The van der Waals surface area contributed by atoms with Gasteiger partial charge in [0.15, 0.2) is 5.58 Å². The average Bonchev–Trinajstić information content (AvgIpc) is 3.70. The van der Waals surface area contributed by atoms with E-state index in [9.17, 15) is 0 Å². The zero-order valence-corrected chi connectivity index (χ0v) is 29.4. The van der Waals surface area contributed by atoms with Gasteiger partial charge in [0.1, 0.15) is 5.52 Å². The number of hydrogen-bond acceptors (Lipinski definition) is 3. The van der Waals surface area contributed by atoms with Crippen LogP contribution < -0.4 is 4.90 Å².